The van der Waals surface area contributed by atoms with Gasteiger partial charge in [0.2, 0.25) is 4.96 Å². The fourth-order valence-electron chi connectivity index (χ4n) is 2.52. The van der Waals surface area contributed by atoms with Gasteiger partial charge in [-0.15, -0.1) is 5.10 Å². The van der Waals surface area contributed by atoms with Crippen molar-refractivity contribution in [3.63, 3.8) is 0 Å². The number of rotatable bonds is 4. The number of nitrogens with zero attached hydrogens (tertiary/aromatic N) is 3. The Morgan fingerprint density at radius 3 is 2.54 bits per heavy atom. The molecule has 0 fully saturated rings. The topological polar surface area (TPSA) is 56.5 Å². The van der Waals surface area contributed by atoms with E-state index < -0.39 is 0 Å². The predicted octanol–water partition coefficient (Wildman–Crippen LogP) is 3.04. The summed E-state index contributed by atoms with van der Waals surface area (Å²) in [7, 11) is 1.62. The molecule has 0 amide bonds. The van der Waals surface area contributed by atoms with Gasteiger partial charge in [-0.2, -0.15) is 9.50 Å². The molecule has 0 spiro atoms. The number of thiazole rings is 1. The quantitative estimate of drug-likeness (QED) is 0.561. The number of aromatic nitrogens is 3. The number of ether oxygens (including phenoxy) is 1. The molecule has 0 atom stereocenters. The number of hydrogen-bond donors (Lipinski definition) is 0. The monoisotopic (exact) mass is 361 g/mol. The minimum Gasteiger partial charge on any atom is -0.497 e. The zero-order valence-electron chi connectivity index (χ0n) is 14.0. The Morgan fingerprint density at radius 1 is 1.08 bits per heavy atom. The van der Waals surface area contributed by atoms with Crippen molar-refractivity contribution in [1.29, 1.82) is 0 Å². The summed E-state index contributed by atoms with van der Waals surface area (Å²) in [5.41, 5.74) is 1.77. The van der Waals surface area contributed by atoms with Crippen molar-refractivity contribution in [2.75, 3.05) is 7.11 Å². The minimum atomic E-state index is -0.157. The molecule has 26 heavy (non-hydrogen) atoms. The van der Waals surface area contributed by atoms with Gasteiger partial charge in [0.15, 0.2) is 5.82 Å². The van der Waals surface area contributed by atoms with E-state index in [0.29, 0.717) is 15.3 Å². The molecule has 4 rings (SSSR count). The normalized spacial score (nSPS) is 12.3. The van der Waals surface area contributed by atoms with E-state index in [1.807, 2.05) is 66.7 Å². The largest absolute Gasteiger partial charge is 0.497 e. The van der Waals surface area contributed by atoms with Crippen molar-refractivity contribution in [2.45, 2.75) is 0 Å². The molecule has 5 nitrogen and oxygen atoms in total. The molecule has 2 heterocycles. The smallest absolute Gasteiger partial charge is 0.291 e. The summed E-state index contributed by atoms with van der Waals surface area (Å²) in [6, 6.07) is 17.4. The Balaban J connectivity index is 1.66. The maximum atomic E-state index is 12.5. The molecule has 0 N–H and O–H groups in total. The van der Waals surface area contributed by atoms with Gasteiger partial charge in [0.25, 0.3) is 5.56 Å². The summed E-state index contributed by atoms with van der Waals surface area (Å²) < 4.78 is 7.11. The zero-order chi connectivity index (χ0) is 17.9. The Hall–Kier alpha value is -3.25. The third kappa shape index (κ3) is 3.14. The Bertz CT molecular complexity index is 1180. The second-order valence-electron chi connectivity index (χ2n) is 5.57. The average molecular weight is 361 g/mol. The van der Waals surface area contributed by atoms with Crippen molar-refractivity contribution in [2.24, 2.45) is 0 Å². The molecule has 2 aromatic carbocycles. The van der Waals surface area contributed by atoms with Crippen molar-refractivity contribution in [1.82, 2.24) is 14.6 Å². The van der Waals surface area contributed by atoms with E-state index in [1.165, 1.54) is 15.9 Å². The van der Waals surface area contributed by atoms with E-state index in [4.69, 9.17) is 4.74 Å². The lowest BCUT2D eigenvalue weighted by molar-refractivity contribution is 0.415. The average Bonchev–Trinajstić information content (AvgIpc) is 3.23. The van der Waals surface area contributed by atoms with Gasteiger partial charge >= 0.3 is 0 Å². The first kappa shape index (κ1) is 16.2. The van der Waals surface area contributed by atoms with Crippen LogP contribution in [0, 0.1) is 0 Å². The molecule has 4 aromatic rings. The number of fused-ring (bicyclic) bond motifs is 1. The number of allylic oxidation sites excluding steroid dienone is 1. The van der Waals surface area contributed by atoms with Gasteiger partial charge in [-0.25, -0.2) is 0 Å². The SMILES string of the molecule is COc1ccc(-c2nc3sc(=CC=Cc4ccccc4)c(=O)n3n2)cc1. The molecule has 0 bridgehead atoms. The Kier molecular flexibility index (Phi) is 4.33. The standard InChI is InChI=1S/C20H15N3O2S/c1-25-16-12-10-15(11-13-16)18-21-20-23(22-18)19(24)17(26-20)9-5-8-14-6-3-2-4-7-14/h2-13H,1H3. The van der Waals surface area contributed by atoms with Crippen LogP contribution in [0.3, 0.4) is 0 Å². The van der Waals surface area contributed by atoms with Gasteiger partial charge in [0.1, 0.15) is 5.75 Å². The molecule has 0 unspecified atom stereocenters. The summed E-state index contributed by atoms with van der Waals surface area (Å²) in [6.45, 7) is 0. The van der Waals surface area contributed by atoms with Crippen molar-refractivity contribution < 1.29 is 4.74 Å². The first-order valence-electron chi connectivity index (χ1n) is 8.02. The summed E-state index contributed by atoms with van der Waals surface area (Å²) in [5.74, 6) is 1.30. The second kappa shape index (κ2) is 6.93. The summed E-state index contributed by atoms with van der Waals surface area (Å²) in [4.78, 5) is 17.6. The van der Waals surface area contributed by atoms with Gasteiger partial charge in [-0.3, -0.25) is 4.79 Å². The molecule has 0 saturated heterocycles. The predicted molar refractivity (Wildman–Crippen MR) is 104 cm³/mol. The van der Waals surface area contributed by atoms with Crippen molar-refractivity contribution >= 4 is 28.4 Å². The number of hydrogen-bond acceptors (Lipinski definition) is 5. The van der Waals surface area contributed by atoms with Crippen LogP contribution in [0.4, 0.5) is 0 Å². The van der Waals surface area contributed by atoms with E-state index in [2.05, 4.69) is 10.1 Å². The van der Waals surface area contributed by atoms with Gasteiger partial charge < -0.3 is 4.74 Å². The molecule has 2 aromatic heterocycles. The lowest BCUT2D eigenvalue weighted by Gasteiger charge is -1.99. The van der Waals surface area contributed by atoms with Crippen LogP contribution in [-0.2, 0) is 0 Å². The number of methoxy groups -OCH3 is 1. The van der Waals surface area contributed by atoms with Crippen LogP contribution in [0.15, 0.2) is 65.5 Å². The third-order valence-corrected chi connectivity index (χ3v) is 4.84. The molecular weight excluding hydrogens is 346 g/mol. The molecular formula is C20H15N3O2S. The summed E-state index contributed by atoms with van der Waals surface area (Å²) >= 11 is 1.33. The van der Waals surface area contributed by atoms with Gasteiger partial charge in [-0.05, 0) is 35.9 Å². The molecule has 0 saturated carbocycles. The van der Waals surface area contributed by atoms with Crippen LogP contribution >= 0.6 is 11.3 Å². The van der Waals surface area contributed by atoms with Crippen LogP contribution in [0.2, 0.25) is 0 Å². The molecule has 128 valence electrons. The van der Waals surface area contributed by atoms with Crippen LogP contribution in [0.25, 0.3) is 28.5 Å². The van der Waals surface area contributed by atoms with Crippen LogP contribution in [0.1, 0.15) is 5.56 Å². The first-order chi connectivity index (χ1) is 12.7. The van der Waals surface area contributed by atoms with E-state index >= 15 is 0 Å². The fraction of sp³-hybridized carbons (Fsp3) is 0.0500. The van der Waals surface area contributed by atoms with Gasteiger partial charge in [-0.1, -0.05) is 53.8 Å². The second-order valence-corrected chi connectivity index (χ2v) is 6.58. The lowest BCUT2D eigenvalue weighted by Crippen LogP contribution is -2.23. The maximum absolute atomic E-state index is 12.5. The van der Waals surface area contributed by atoms with E-state index in [1.54, 1.807) is 13.2 Å². The van der Waals surface area contributed by atoms with E-state index in [9.17, 15) is 4.79 Å². The van der Waals surface area contributed by atoms with Gasteiger partial charge in [0, 0.05) is 5.56 Å². The molecule has 0 aliphatic rings. The molecule has 0 radical (unpaired) electrons. The van der Waals surface area contributed by atoms with Crippen LogP contribution in [-0.4, -0.2) is 21.7 Å². The van der Waals surface area contributed by atoms with E-state index in [-0.39, 0.29) is 5.56 Å². The Morgan fingerprint density at radius 2 is 1.85 bits per heavy atom. The van der Waals surface area contributed by atoms with E-state index in [0.717, 1.165) is 16.9 Å². The first-order valence-corrected chi connectivity index (χ1v) is 8.84. The van der Waals surface area contributed by atoms with Crippen molar-refractivity contribution in [3.05, 3.63) is 81.1 Å². The highest BCUT2D eigenvalue weighted by atomic mass is 32.1. The number of benzene rings is 2. The summed E-state index contributed by atoms with van der Waals surface area (Å²) in [6.07, 6.45) is 5.62. The third-order valence-electron chi connectivity index (χ3n) is 3.87. The molecule has 0 aliphatic carbocycles. The summed E-state index contributed by atoms with van der Waals surface area (Å²) in [5, 5.41) is 4.34. The van der Waals surface area contributed by atoms with Gasteiger partial charge in [0.05, 0.1) is 11.6 Å². The van der Waals surface area contributed by atoms with Crippen molar-refractivity contribution in [3.8, 4) is 17.1 Å². The zero-order valence-corrected chi connectivity index (χ0v) is 14.8. The van der Waals surface area contributed by atoms with Crippen LogP contribution in [0.5, 0.6) is 5.75 Å². The maximum Gasteiger partial charge on any atom is 0.291 e. The molecule has 0 aliphatic heterocycles. The minimum absolute atomic E-state index is 0.157. The fourth-order valence-corrected chi connectivity index (χ4v) is 3.38. The highest BCUT2D eigenvalue weighted by Gasteiger charge is 2.11. The Labute approximate surface area is 153 Å². The molecule has 6 heteroatoms. The van der Waals surface area contributed by atoms with Crippen LogP contribution < -0.4 is 14.8 Å². The highest BCUT2D eigenvalue weighted by Crippen LogP contribution is 2.20. The highest BCUT2D eigenvalue weighted by molar-refractivity contribution is 7.15. The lowest BCUT2D eigenvalue weighted by atomic mass is 10.2.